The normalized spacial score (nSPS) is 11.5. The molecule has 0 bridgehead atoms. The zero-order valence-corrected chi connectivity index (χ0v) is 17.6. The average molecular weight is 405 g/mol. The molecule has 8 heteroatoms. The fourth-order valence-electron chi connectivity index (χ4n) is 2.72. The van der Waals surface area contributed by atoms with Gasteiger partial charge < -0.3 is 14.6 Å². The summed E-state index contributed by atoms with van der Waals surface area (Å²) in [7, 11) is 1.57. The number of amides is 2. The molecule has 2 N–H and O–H groups in total. The van der Waals surface area contributed by atoms with Crippen molar-refractivity contribution in [3.05, 3.63) is 46.2 Å². The van der Waals surface area contributed by atoms with E-state index in [9.17, 15) is 9.59 Å². The smallest absolute Gasteiger partial charge is 0.329 e. The minimum absolute atomic E-state index is 0.497. The van der Waals surface area contributed by atoms with Crippen molar-refractivity contribution in [2.75, 3.05) is 7.11 Å². The van der Waals surface area contributed by atoms with Gasteiger partial charge in [-0.1, -0.05) is 11.6 Å². The maximum atomic E-state index is 11.8. The van der Waals surface area contributed by atoms with Gasteiger partial charge in [0.05, 0.1) is 18.3 Å². The molecule has 0 spiro atoms. The number of carbonyl (C=O) groups is 2. The number of ether oxygens (including phenoxy) is 1. The summed E-state index contributed by atoms with van der Waals surface area (Å²) in [5.74, 6) is -0.948. The molecule has 2 aromatic rings. The van der Waals surface area contributed by atoms with Gasteiger partial charge in [0.25, 0.3) is 0 Å². The molecule has 0 saturated heterocycles. The van der Waals surface area contributed by atoms with Crippen LogP contribution in [0.25, 0.3) is 5.69 Å². The van der Waals surface area contributed by atoms with Gasteiger partial charge in [-0.3, -0.25) is 9.59 Å². The van der Waals surface area contributed by atoms with Crippen LogP contribution in [0, 0.1) is 13.8 Å². The minimum Gasteiger partial charge on any atom is -0.495 e. The first-order valence-electron chi connectivity index (χ1n) is 8.72. The highest BCUT2D eigenvalue weighted by Gasteiger charge is 2.19. The molecule has 1 aromatic heterocycles. The number of halogens is 1. The zero-order chi connectivity index (χ0) is 21.1. The van der Waals surface area contributed by atoms with Crippen LogP contribution in [-0.4, -0.2) is 35.2 Å². The van der Waals surface area contributed by atoms with Gasteiger partial charge in [0.2, 0.25) is 0 Å². The second-order valence-corrected chi connectivity index (χ2v) is 7.79. The Hall–Kier alpha value is -2.80. The lowest BCUT2D eigenvalue weighted by atomic mass is 10.1. The maximum absolute atomic E-state index is 11.8. The number of nitrogens with one attached hydrogen (secondary N) is 2. The lowest BCUT2D eigenvalue weighted by Gasteiger charge is -2.19. The fourth-order valence-corrected chi connectivity index (χ4v) is 2.97. The first kappa shape index (κ1) is 21.5. The van der Waals surface area contributed by atoms with Gasteiger partial charge in [0.1, 0.15) is 5.75 Å². The van der Waals surface area contributed by atoms with Crippen LogP contribution in [-0.2, 0) is 9.59 Å². The monoisotopic (exact) mass is 404 g/mol. The molecule has 0 aliphatic heterocycles. The van der Waals surface area contributed by atoms with Crippen molar-refractivity contribution in [1.29, 1.82) is 0 Å². The van der Waals surface area contributed by atoms with E-state index in [1.165, 1.54) is 6.21 Å². The lowest BCUT2D eigenvalue weighted by molar-refractivity contribution is -0.140. The molecule has 0 aliphatic rings. The molecule has 1 heterocycles. The number of carbonyl (C=O) groups excluding carboxylic acids is 2. The topological polar surface area (TPSA) is 84.7 Å². The average Bonchev–Trinajstić information content (AvgIpc) is 2.87. The summed E-state index contributed by atoms with van der Waals surface area (Å²) in [6.07, 6.45) is 1.51. The number of aryl methyl sites for hydroxylation is 1. The summed E-state index contributed by atoms with van der Waals surface area (Å²) in [4.78, 5) is 23.6. The largest absolute Gasteiger partial charge is 0.495 e. The van der Waals surface area contributed by atoms with Gasteiger partial charge in [-0.25, -0.2) is 5.43 Å². The summed E-state index contributed by atoms with van der Waals surface area (Å²) < 4.78 is 7.21. The Labute approximate surface area is 169 Å². The maximum Gasteiger partial charge on any atom is 0.329 e. The van der Waals surface area contributed by atoms with Crippen LogP contribution in [0.15, 0.2) is 29.4 Å². The van der Waals surface area contributed by atoms with Crippen molar-refractivity contribution in [1.82, 2.24) is 15.3 Å². The van der Waals surface area contributed by atoms with Crippen molar-refractivity contribution in [2.24, 2.45) is 5.10 Å². The first-order valence-corrected chi connectivity index (χ1v) is 9.09. The quantitative estimate of drug-likeness (QED) is 0.466. The Morgan fingerprint density at radius 2 is 1.86 bits per heavy atom. The van der Waals surface area contributed by atoms with Crippen LogP contribution >= 0.6 is 11.6 Å². The number of benzene rings is 1. The Bertz CT molecular complexity index is 926. The molecule has 2 rings (SSSR count). The van der Waals surface area contributed by atoms with Crippen LogP contribution in [0.3, 0.4) is 0 Å². The molecule has 28 heavy (non-hydrogen) atoms. The highest BCUT2D eigenvalue weighted by atomic mass is 35.5. The van der Waals surface area contributed by atoms with E-state index in [0.717, 1.165) is 22.6 Å². The van der Waals surface area contributed by atoms with Gasteiger partial charge in [-0.05, 0) is 58.9 Å². The second kappa shape index (κ2) is 8.48. The Morgan fingerprint density at radius 3 is 2.43 bits per heavy atom. The van der Waals surface area contributed by atoms with E-state index in [1.54, 1.807) is 33.9 Å². The van der Waals surface area contributed by atoms with Gasteiger partial charge in [-0.15, -0.1) is 0 Å². The Kier molecular flexibility index (Phi) is 6.51. The number of hydrogen-bond donors (Lipinski definition) is 2. The highest BCUT2D eigenvalue weighted by molar-refractivity contribution is 6.35. The van der Waals surface area contributed by atoms with Crippen LogP contribution in [0.2, 0.25) is 5.02 Å². The van der Waals surface area contributed by atoms with Gasteiger partial charge in [-0.2, -0.15) is 5.10 Å². The van der Waals surface area contributed by atoms with Gasteiger partial charge in [0.15, 0.2) is 0 Å². The molecule has 0 radical (unpaired) electrons. The van der Waals surface area contributed by atoms with Crippen molar-refractivity contribution in [2.45, 2.75) is 40.2 Å². The number of rotatable bonds is 4. The van der Waals surface area contributed by atoms with Crippen molar-refractivity contribution in [3.63, 3.8) is 0 Å². The van der Waals surface area contributed by atoms with E-state index >= 15 is 0 Å². The second-order valence-electron chi connectivity index (χ2n) is 7.38. The molecule has 0 atom stereocenters. The fraction of sp³-hybridized carbons (Fsp3) is 0.350. The van der Waals surface area contributed by atoms with E-state index in [4.69, 9.17) is 16.3 Å². The summed E-state index contributed by atoms with van der Waals surface area (Å²) in [6.45, 7) is 9.27. The standard InChI is InChI=1S/C20H25ClN4O3/c1-12-9-14(11-22-24-19(27)18(26)23-20(3,4)5)13(2)25(12)15-7-8-17(28-6)16(21)10-15/h7-11H,1-6H3,(H,23,26)(H,24,27)/b22-11-. The van der Waals surface area contributed by atoms with Crippen molar-refractivity contribution in [3.8, 4) is 11.4 Å². The Balaban J connectivity index is 2.17. The zero-order valence-electron chi connectivity index (χ0n) is 16.9. The van der Waals surface area contributed by atoms with Gasteiger partial charge >= 0.3 is 11.8 Å². The molecule has 0 saturated carbocycles. The third-order valence-corrected chi connectivity index (χ3v) is 4.22. The minimum atomic E-state index is -0.818. The molecular weight excluding hydrogens is 380 g/mol. The van der Waals surface area contributed by atoms with Crippen LogP contribution in [0.4, 0.5) is 0 Å². The van der Waals surface area contributed by atoms with E-state index < -0.39 is 17.4 Å². The lowest BCUT2D eigenvalue weighted by Crippen LogP contribution is -2.47. The summed E-state index contributed by atoms with van der Waals surface area (Å²) in [6, 6.07) is 7.46. The van der Waals surface area contributed by atoms with Crippen LogP contribution < -0.4 is 15.5 Å². The van der Waals surface area contributed by atoms with Crippen LogP contribution in [0.1, 0.15) is 37.7 Å². The molecular formula is C20H25ClN4O3. The molecule has 0 aliphatic carbocycles. The third kappa shape index (κ3) is 5.13. The number of hydrazone groups is 1. The van der Waals surface area contributed by atoms with E-state index in [0.29, 0.717) is 10.8 Å². The summed E-state index contributed by atoms with van der Waals surface area (Å²) in [5.41, 5.74) is 5.32. The van der Waals surface area contributed by atoms with Crippen LogP contribution in [0.5, 0.6) is 5.75 Å². The highest BCUT2D eigenvalue weighted by Crippen LogP contribution is 2.28. The van der Waals surface area contributed by atoms with E-state index in [2.05, 4.69) is 15.8 Å². The third-order valence-electron chi connectivity index (χ3n) is 3.93. The molecule has 2 amide bonds. The van der Waals surface area contributed by atoms with E-state index in [1.807, 2.05) is 36.6 Å². The number of nitrogens with zero attached hydrogens (tertiary/aromatic N) is 2. The SMILES string of the molecule is COc1ccc(-n2c(C)cc(/C=N\NC(=O)C(=O)NC(C)(C)C)c2C)cc1Cl. The van der Waals surface area contributed by atoms with E-state index in [-0.39, 0.29) is 0 Å². The van der Waals surface area contributed by atoms with Gasteiger partial charge in [0, 0.05) is 28.2 Å². The number of methoxy groups -OCH3 is 1. The number of hydrogen-bond acceptors (Lipinski definition) is 4. The molecule has 0 unspecified atom stereocenters. The summed E-state index contributed by atoms with van der Waals surface area (Å²) in [5, 5.41) is 6.99. The predicted octanol–water partition coefficient (Wildman–Crippen LogP) is 3.12. The molecule has 1 aromatic carbocycles. The molecule has 7 nitrogen and oxygen atoms in total. The summed E-state index contributed by atoms with van der Waals surface area (Å²) >= 11 is 6.23. The number of aromatic nitrogens is 1. The Morgan fingerprint density at radius 1 is 1.18 bits per heavy atom. The van der Waals surface area contributed by atoms with Crippen molar-refractivity contribution < 1.29 is 14.3 Å². The van der Waals surface area contributed by atoms with Crippen molar-refractivity contribution >= 4 is 29.6 Å². The molecule has 150 valence electrons. The first-order chi connectivity index (χ1) is 13.0. The predicted molar refractivity (Wildman–Crippen MR) is 110 cm³/mol. The molecule has 0 fully saturated rings.